The average molecular weight is 175 g/mol. The second-order valence-electron chi connectivity index (χ2n) is 2.56. The predicted molar refractivity (Wildman–Crippen MR) is 45.7 cm³/mol. The van der Waals surface area contributed by atoms with Crippen LogP contribution in [0.2, 0.25) is 0 Å². The molecule has 0 aromatic heterocycles. The van der Waals surface area contributed by atoms with Gasteiger partial charge in [0.05, 0.1) is 0 Å². The molecule has 0 radical (unpaired) electrons. The second kappa shape index (κ2) is 2.44. The van der Waals surface area contributed by atoms with E-state index in [4.69, 9.17) is 0 Å². The molecule has 4 heteroatoms. The summed E-state index contributed by atoms with van der Waals surface area (Å²) in [5.41, 5.74) is 0. The molecule has 0 bridgehead atoms. The lowest BCUT2D eigenvalue weighted by atomic mass is 10.6. The SMILES string of the molecule is CN1CC2=C(C1)SC(O)S2. The van der Waals surface area contributed by atoms with E-state index in [1.807, 2.05) is 0 Å². The summed E-state index contributed by atoms with van der Waals surface area (Å²) in [5, 5.41) is 9.19. The lowest BCUT2D eigenvalue weighted by Gasteiger charge is -2.10. The van der Waals surface area contributed by atoms with Gasteiger partial charge in [0.2, 0.25) is 0 Å². The van der Waals surface area contributed by atoms with Crippen LogP contribution in [-0.2, 0) is 0 Å². The number of aliphatic hydroxyl groups excluding tert-OH is 1. The van der Waals surface area contributed by atoms with E-state index in [1.165, 1.54) is 9.81 Å². The number of likely N-dealkylation sites (N-methyl/N-ethyl adjacent to an activating group) is 1. The van der Waals surface area contributed by atoms with Crippen LogP contribution in [0.4, 0.5) is 0 Å². The number of thioether (sulfide) groups is 2. The Bertz CT molecular complexity index is 156. The third-order valence-corrected chi connectivity index (χ3v) is 4.05. The maximum atomic E-state index is 9.19. The quantitative estimate of drug-likeness (QED) is 0.591. The molecule has 0 aliphatic carbocycles. The van der Waals surface area contributed by atoms with Crippen molar-refractivity contribution in [3.8, 4) is 0 Å². The molecule has 0 saturated carbocycles. The molecule has 0 spiro atoms. The summed E-state index contributed by atoms with van der Waals surface area (Å²) in [6.45, 7) is 2.06. The van der Waals surface area contributed by atoms with E-state index >= 15 is 0 Å². The van der Waals surface area contributed by atoms with Gasteiger partial charge in [-0.25, -0.2) is 0 Å². The fourth-order valence-corrected chi connectivity index (χ4v) is 3.84. The molecule has 1 N–H and O–H groups in total. The van der Waals surface area contributed by atoms with Crippen molar-refractivity contribution in [1.29, 1.82) is 0 Å². The zero-order valence-corrected chi connectivity index (χ0v) is 7.34. The van der Waals surface area contributed by atoms with E-state index in [2.05, 4.69) is 11.9 Å². The van der Waals surface area contributed by atoms with E-state index in [9.17, 15) is 5.11 Å². The molecule has 2 rings (SSSR count). The van der Waals surface area contributed by atoms with Crippen molar-refractivity contribution in [3.63, 3.8) is 0 Å². The van der Waals surface area contributed by atoms with Gasteiger partial charge in [-0.05, 0) is 7.05 Å². The summed E-state index contributed by atoms with van der Waals surface area (Å²) in [7, 11) is 2.10. The Morgan fingerprint density at radius 1 is 1.40 bits per heavy atom. The van der Waals surface area contributed by atoms with Crippen LogP contribution in [0.1, 0.15) is 0 Å². The molecular formula is C6H9NOS2. The van der Waals surface area contributed by atoms with Gasteiger partial charge in [-0.1, -0.05) is 23.5 Å². The molecule has 10 heavy (non-hydrogen) atoms. The first-order valence-corrected chi connectivity index (χ1v) is 4.93. The molecule has 0 aromatic rings. The van der Waals surface area contributed by atoms with Crippen molar-refractivity contribution < 1.29 is 5.11 Å². The predicted octanol–water partition coefficient (Wildman–Crippen LogP) is 0.899. The summed E-state index contributed by atoms with van der Waals surface area (Å²) in [4.78, 5) is 5.01. The van der Waals surface area contributed by atoms with Crippen LogP contribution in [-0.4, -0.2) is 34.9 Å². The maximum Gasteiger partial charge on any atom is 0.154 e. The van der Waals surface area contributed by atoms with Crippen LogP contribution in [0.3, 0.4) is 0 Å². The Hall–Kier alpha value is 0.360. The Balaban J connectivity index is 2.09. The summed E-state index contributed by atoms with van der Waals surface area (Å²) in [6, 6.07) is 0. The average Bonchev–Trinajstić information content (AvgIpc) is 2.21. The highest BCUT2D eigenvalue weighted by Gasteiger charge is 2.29. The summed E-state index contributed by atoms with van der Waals surface area (Å²) < 4.78 is -0.223. The number of aliphatic hydroxyl groups is 1. The van der Waals surface area contributed by atoms with Gasteiger partial charge in [-0.2, -0.15) is 0 Å². The largest absolute Gasteiger partial charge is 0.372 e. The molecule has 0 unspecified atom stereocenters. The van der Waals surface area contributed by atoms with E-state index < -0.39 is 0 Å². The molecule has 0 amide bonds. The fourth-order valence-electron chi connectivity index (χ4n) is 1.20. The molecule has 0 fully saturated rings. The van der Waals surface area contributed by atoms with Gasteiger partial charge >= 0.3 is 0 Å². The lowest BCUT2D eigenvalue weighted by molar-refractivity contribution is 0.346. The zero-order chi connectivity index (χ0) is 7.14. The van der Waals surface area contributed by atoms with Gasteiger partial charge in [0.15, 0.2) is 4.77 Å². The lowest BCUT2D eigenvalue weighted by Crippen LogP contribution is -2.15. The van der Waals surface area contributed by atoms with Crippen molar-refractivity contribution in [2.75, 3.05) is 20.1 Å². The molecule has 0 aromatic carbocycles. The molecule has 2 heterocycles. The first-order valence-electron chi connectivity index (χ1n) is 3.17. The van der Waals surface area contributed by atoms with Crippen LogP contribution in [0, 0.1) is 0 Å². The standard InChI is InChI=1S/C6H9NOS2/c1-7-2-4-5(3-7)10-6(8)9-4/h6,8H,2-3H2,1H3. The minimum absolute atomic E-state index is 0.223. The van der Waals surface area contributed by atoms with Crippen molar-refractivity contribution in [2.45, 2.75) is 4.77 Å². The van der Waals surface area contributed by atoms with Crippen LogP contribution in [0.15, 0.2) is 9.81 Å². The van der Waals surface area contributed by atoms with Crippen LogP contribution in [0.25, 0.3) is 0 Å². The molecule has 2 aliphatic heterocycles. The first-order chi connectivity index (χ1) is 4.75. The maximum absolute atomic E-state index is 9.19. The number of hydrogen-bond acceptors (Lipinski definition) is 4. The summed E-state index contributed by atoms with van der Waals surface area (Å²) in [6.07, 6.45) is 0. The Morgan fingerprint density at radius 3 is 2.40 bits per heavy atom. The van der Waals surface area contributed by atoms with Gasteiger partial charge < -0.3 is 5.11 Å². The molecular weight excluding hydrogens is 166 g/mol. The van der Waals surface area contributed by atoms with E-state index in [0.29, 0.717) is 0 Å². The summed E-state index contributed by atoms with van der Waals surface area (Å²) >= 11 is 3.19. The monoisotopic (exact) mass is 175 g/mol. The van der Waals surface area contributed by atoms with Crippen molar-refractivity contribution in [1.82, 2.24) is 4.90 Å². The molecule has 0 atom stereocenters. The van der Waals surface area contributed by atoms with Gasteiger partial charge in [0.1, 0.15) is 0 Å². The normalized spacial score (nSPS) is 28.2. The van der Waals surface area contributed by atoms with Crippen LogP contribution >= 0.6 is 23.5 Å². The Labute approximate surface area is 68.7 Å². The van der Waals surface area contributed by atoms with Gasteiger partial charge in [-0.3, -0.25) is 4.90 Å². The topological polar surface area (TPSA) is 23.5 Å². The third kappa shape index (κ3) is 1.09. The minimum atomic E-state index is -0.223. The molecule has 0 saturated heterocycles. The Morgan fingerprint density at radius 2 is 1.90 bits per heavy atom. The number of rotatable bonds is 0. The third-order valence-electron chi connectivity index (χ3n) is 1.62. The highest BCUT2D eigenvalue weighted by atomic mass is 32.2. The fraction of sp³-hybridized carbons (Fsp3) is 0.667. The van der Waals surface area contributed by atoms with Gasteiger partial charge in [0.25, 0.3) is 0 Å². The van der Waals surface area contributed by atoms with Crippen molar-refractivity contribution >= 4 is 23.5 Å². The van der Waals surface area contributed by atoms with Crippen LogP contribution in [0.5, 0.6) is 0 Å². The summed E-state index contributed by atoms with van der Waals surface area (Å²) in [5.74, 6) is 0. The van der Waals surface area contributed by atoms with Crippen molar-refractivity contribution in [3.05, 3.63) is 9.81 Å². The van der Waals surface area contributed by atoms with Gasteiger partial charge in [0, 0.05) is 22.9 Å². The smallest absolute Gasteiger partial charge is 0.154 e. The molecule has 2 nitrogen and oxygen atoms in total. The van der Waals surface area contributed by atoms with E-state index in [-0.39, 0.29) is 4.77 Å². The zero-order valence-electron chi connectivity index (χ0n) is 5.70. The number of hydrogen-bond donors (Lipinski definition) is 1. The van der Waals surface area contributed by atoms with Crippen LogP contribution < -0.4 is 0 Å². The highest BCUT2D eigenvalue weighted by molar-refractivity contribution is 8.23. The van der Waals surface area contributed by atoms with E-state index in [1.54, 1.807) is 23.5 Å². The Kier molecular flexibility index (Phi) is 1.72. The van der Waals surface area contributed by atoms with Crippen molar-refractivity contribution in [2.24, 2.45) is 0 Å². The van der Waals surface area contributed by atoms with Gasteiger partial charge in [-0.15, -0.1) is 0 Å². The number of nitrogens with zero attached hydrogens (tertiary/aromatic N) is 1. The molecule has 2 aliphatic rings. The first kappa shape index (κ1) is 7.03. The van der Waals surface area contributed by atoms with E-state index in [0.717, 1.165) is 13.1 Å². The molecule has 56 valence electrons. The minimum Gasteiger partial charge on any atom is -0.372 e. The second-order valence-corrected chi connectivity index (χ2v) is 5.21. The highest BCUT2D eigenvalue weighted by Crippen LogP contribution is 2.47.